The largest absolute Gasteiger partial charge is 0.444 e. The van der Waals surface area contributed by atoms with Gasteiger partial charge in [-0.15, -0.1) is 0 Å². The number of benzene rings is 1. The number of carbonyl (C=O) groups is 2. The van der Waals surface area contributed by atoms with E-state index in [2.05, 4.69) is 10.6 Å². The van der Waals surface area contributed by atoms with Crippen LogP contribution in [0.5, 0.6) is 0 Å². The van der Waals surface area contributed by atoms with E-state index in [9.17, 15) is 19.7 Å². The van der Waals surface area contributed by atoms with Gasteiger partial charge >= 0.3 is 6.09 Å². The first-order valence-corrected chi connectivity index (χ1v) is 6.84. The van der Waals surface area contributed by atoms with Crippen molar-refractivity contribution in [3.63, 3.8) is 0 Å². The number of nitrogen functional groups attached to an aromatic ring is 1. The Labute approximate surface area is 133 Å². The maximum absolute atomic E-state index is 12.0. The zero-order valence-electron chi connectivity index (χ0n) is 13.4. The number of alkyl carbamates (subject to hydrolysis) is 1. The third-order valence-electron chi connectivity index (χ3n) is 2.63. The number of ether oxygens (including phenoxy) is 1. The summed E-state index contributed by atoms with van der Waals surface area (Å²) < 4.78 is 5.04. The number of anilines is 2. The lowest BCUT2D eigenvalue weighted by Gasteiger charge is -2.21. The number of nitrogens with zero attached hydrogens (tertiary/aromatic N) is 1. The number of hydrogen-bond acceptors (Lipinski definition) is 6. The van der Waals surface area contributed by atoms with Crippen LogP contribution in [0.15, 0.2) is 18.2 Å². The van der Waals surface area contributed by atoms with Crippen LogP contribution in [0.1, 0.15) is 27.7 Å². The summed E-state index contributed by atoms with van der Waals surface area (Å²) in [7, 11) is 0. The summed E-state index contributed by atoms with van der Waals surface area (Å²) in [4.78, 5) is 33.8. The zero-order chi connectivity index (χ0) is 17.8. The fourth-order valence-electron chi connectivity index (χ4n) is 1.56. The maximum Gasteiger partial charge on any atom is 0.408 e. The van der Waals surface area contributed by atoms with Gasteiger partial charge in [0.2, 0.25) is 5.91 Å². The Kier molecular flexibility index (Phi) is 5.50. The van der Waals surface area contributed by atoms with E-state index >= 15 is 0 Å². The Morgan fingerprint density at radius 2 is 1.96 bits per heavy atom. The molecule has 0 aromatic heterocycles. The highest BCUT2D eigenvalue weighted by Crippen LogP contribution is 2.24. The number of nitrogens with one attached hydrogen (secondary N) is 2. The van der Waals surface area contributed by atoms with Crippen molar-refractivity contribution < 1.29 is 19.2 Å². The van der Waals surface area contributed by atoms with Crippen molar-refractivity contribution in [3.8, 4) is 0 Å². The molecular formula is C14H20N4O5. The smallest absolute Gasteiger partial charge is 0.408 e. The highest BCUT2D eigenvalue weighted by molar-refractivity contribution is 5.98. The Hall–Kier alpha value is -2.84. The Morgan fingerprint density at radius 1 is 1.35 bits per heavy atom. The third kappa shape index (κ3) is 5.81. The average Bonchev–Trinajstić information content (AvgIpc) is 2.38. The van der Waals surface area contributed by atoms with Gasteiger partial charge in [-0.25, -0.2) is 4.79 Å². The molecule has 0 fully saturated rings. The van der Waals surface area contributed by atoms with Crippen LogP contribution in [0.4, 0.5) is 21.9 Å². The second kappa shape index (κ2) is 6.95. The third-order valence-corrected chi connectivity index (χ3v) is 2.63. The van der Waals surface area contributed by atoms with Gasteiger partial charge in [-0.2, -0.15) is 0 Å². The van der Waals surface area contributed by atoms with Gasteiger partial charge in [-0.05, 0) is 33.8 Å². The van der Waals surface area contributed by atoms with Gasteiger partial charge in [-0.1, -0.05) is 0 Å². The molecule has 0 spiro atoms. The summed E-state index contributed by atoms with van der Waals surface area (Å²) in [5.74, 6) is -0.581. The SMILES string of the molecule is C[C@H](NC(=O)OC(C)(C)C)C(=O)Nc1cc([N+](=O)[O-])ccc1N. The van der Waals surface area contributed by atoms with E-state index in [1.165, 1.54) is 19.1 Å². The monoisotopic (exact) mass is 324 g/mol. The summed E-state index contributed by atoms with van der Waals surface area (Å²) in [6.45, 7) is 6.54. The number of nitro benzene ring substituents is 1. The number of amides is 2. The molecule has 23 heavy (non-hydrogen) atoms. The van der Waals surface area contributed by atoms with Crippen molar-refractivity contribution in [2.45, 2.75) is 39.3 Å². The van der Waals surface area contributed by atoms with Crippen molar-refractivity contribution in [2.75, 3.05) is 11.1 Å². The van der Waals surface area contributed by atoms with Crippen molar-refractivity contribution in [3.05, 3.63) is 28.3 Å². The van der Waals surface area contributed by atoms with Crippen LogP contribution in [0.25, 0.3) is 0 Å². The molecule has 126 valence electrons. The van der Waals surface area contributed by atoms with E-state index in [-0.39, 0.29) is 17.1 Å². The van der Waals surface area contributed by atoms with E-state index in [4.69, 9.17) is 10.5 Å². The zero-order valence-corrected chi connectivity index (χ0v) is 13.4. The summed E-state index contributed by atoms with van der Waals surface area (Å²) in [6.07, 6.45) is -0.743. The molecule has 0 aliphatic heterocycles. The van der Waals surface area contributed by atoms with Crippen LogP contribution in [0.2, 0.25) is 0 Å². The lowest BCUT2D eigenvalue weighted by atomic mass is 10.2. The molecular weight excluding hydrogens is 304 g/mol. The molecule has 0 saturated heterocycles. The van der Waals surface area contributed by atoms with Crippen LogP contribution in [-0.2, 0) is 9.53 Å². The predicted octanol–water partition coefficient (Wildman–Crippen LogP) is 2.03. The van der Waals surface area contributed by atoms with Gasteiger partial charge in [-0.3, -0.25) is 14.9 Å². The summed E-state index contributed by atoms with van der Waals surface area (Å²) in [5, 5.41) is 15.5. The van der Waals surface area contributed by atoms with E-state index in [1.807, 2.05) is 0 Å². The minimum atomic E-state index is -0.913. The van der Waals surface area contributed by atoms with Crippen LogP contribution in [0, 0.1) is 10.1 Å². The summed E-state index contributed by atoms with van der Waals surface area (Å²) in [6, 6.07) is 2.78. The van der Waals surface area contributed by atoms with E-state index in [0.29, 0.717) is 0 Å². The molecule has 0 aliphatic rings. The van der Waals surface area contributed by atoms with Crippen LogP contribution in [-0.4, -0.2) is 28.6 Å². The predicted molar refractivity (Wildman–Crippen MR) is 85.0 cm³/mol. The quantitative estimate of drug-likeness (QED) is 0.440. The minimum Gasteiger partial charge on any atom is -0.444 e. The fraction of sp³-hybridized carbons (Fsp3) is 0.429. The van der Waals surface area contributed by atoms with Crippen molar-refractivity contribution in [1.29, 1.82) is 0 Å². The standard InChI is InChI=1S/C14H20N4O5/c1-8(16-13(20)23-14(2,3)4)12(19)17-11-7-9(18(21)22)5-6-10(11)15/h5-8H,15H2,1-4H3,(H,16,20)(H,17,19)/t8-/m0/s1. The molecule has 4 N–H and O–H groups in total. The Morgan fingerprint density at radius 3 is 2.48 bits per heavy atom. The van der Waals surface area contributed by atoms with Crippen molar-refractivity contribution in [2.24, 2.45) is 0 Å². The molecule has 1 atom stereocenters. The average molecular weight is 324 g/mol. The van der Waals surface area contributed by atoms with E-state index in [1.54, 1.807) is 20.8 Å². The molecule has 0 radical (unpaired) electrons. The molecule has 1 aromatic rings. The molecule has 2 amide bonds. The topological polar surface area (TPSA) is 137 Å². The van der Waals surface area contributed by atoms with Gasteiger partial charge in [0, 0.05) is 12.1 Å². The Balaban J connectivity index is 2.74. The van der Waals surface area contributed by atoms with Crippen molar-refractivity contribution >= 4 is 29.1 Å². The van der Waals surface area contributed by atoms with Crippen molar-refractivity contribution in [1.82, 2.24) is 5.32 Å². The number of non-ortho nitro benzene ring substituents is 1. The fourth-order valence-corrected chi connectivity index (χ4v) is 1.56. The van der Waals surface area contributed by atoms with E-state index < -0.39 is 28.6 Å². The molecule has 0 aliphatic carbocycles. The van der Waals surface area contributed by atoms with Gasteiger partial charge in [0.1, 0.15) is 11.6 Å². The number of rotatable bonds is 4. The molecule has 0 saturated carbocycles. The van der Waals surface area contributed by atoms with Gasteiger partial charge in [0.05, 0.1) is 16.3 Å². The highest BCUT2D eigenvalue weighted by atomic mass is 16.6. The van der Waals surface area contributed by atoms with Crippen LogP contribution >= 0.6 is 0 Å². The van der Waals surface area contributed by atoms with Gasteiger partial charge in [0.25, 0.3) is 5.69 Å². The summed E-state index contributed by atoms with van der Waals surface area (Å²) in [5.41, 5.74) is 5.05. The molecule has 1 aromatic carbocycles. The van der Waals surface area contributed by atoms with Crippen LogP contribution in [0.3, 0.4) is 0 Å². The lowest BCUT2D eigenvalue weighted by Crippen LogP contribution is -2.44. The first kappa shape index (κ1) is 18.2. The number of nitro groups is 1. The first-order valence-electron chi connectivity index (χ1n) is 6.84. The molecule has 0 heterocycles. The second-order valence-electron chi connectivity index (χ2n) is 5.89. The molecule has 0 bridgehead atoms. The first-order chi connectivity index (χ1) is 10.5. The summed E-state index contributed by atoms with van der Waals surface area (Å²) >= 11 is 0. The lowest BCUT2D eigenvalue weighted by molar-refractivity contribution is -0.384. The minimum absolute atomic E-state index is 0.0991. The van der Waals surface area contributed by atoms with E-state index in [0.717, 1.165) is 6.07 Å². The molecule has 1 rings (SSSR count). The normalized spacial score (nSPS) is 12.2. The van der Waals surface area contributed by atoms with Crippen LogP contribution < -0.4 is 16.4 Å². The maximum atomic E-state index is 12.0. The number of carbonyl (C=O) groups excluding carboxylic acids is 2. The highest BCUT2D eigenvalue weighted by Gasteiger charge is 2.22. The molecule has 9 nitrogen and oxygen atoms in total. The second-order valence-corrected chi connectivity index (χ2v) is 5.89. The van der Waals surface area contributed by atoms with Gasteiger partial charge in [0.15, 0.2) is 0 Å². The number of nitrogens with two attached hydrogens (primary N) is 1. The molecule has 9 heteroatoms. The Bertz CT molecular complexity index is 624. The van der Waals surface area contributed by atoms with Gasteiger partial charge < -0.3 is 21.1 Å². The number of hydrogen-bond donors (Lipinski definition) is 3. The molecule has 0 unspecified atom stereocenters.